The van der Waals surface area contributed by atoms with Crippen LogP contribution in [0.4, 0.5) is 0 Å². The topological polar surface area (TPSA) is 66.3 Å². The predicted octanol–water partition coefficient (Wildman–Crippen LogP) is 3.31. The van der Waals surface area contributed by atoms with Crippen LogP contribution < -0.4 is 0 Å². The number of aryl methyl sites for hydroxylation is 2. The molecule has 0 spiro atoms. The Labute approximate surface area is 144 Å². The predicted molar refractivity (Wildman–Crippen MR) is 93.1 cm³/mol. The number of aromatic nitrogens is 2. The third-order valence-electron chi connectivity index (χ3n) is 5.54. The zero-order valence-electron chi connectivity index (χ0n) is 14.7. The van der Waals surface area contributed by atoms with E-state index in [1.54, 1.807) is 0 Å². The molecule has 5 heteroatoms. The summed E-state index contributed by atoms with van der Waals surface area (Å²) in [7, 11) is 0. The Kier molecular flexibility index (Phi) is 5.82. The van der Waals surface area contributed by atoms with Gasteiger partial charge in [0.2, 0.25) is 0 Å². The first-order chi connectivity index (χ1) is 11.6. The smallest absolute Gasteiger partial charge is 0.303 e. The van der Waals surface area contributed by atoms with E-state index < -0.39 is 5.97 Å². The van der Waals surface area contributed by atoms with Gasteiger partial charge in [0.05, 0.1) is 6.42 Å². The summed E-state index contributed by atoms with van der Waals surface area (Å²) >= 11 is 0. The zero-order valence-corrected chi connectivity index (χ0v) is 14.7. The molecule has 0 amide bonds. The Morgan fingerprint density at radius 1 is 1.17 bits per heavy atom. The van der Waals surface area contributed by atoms with E-state index in [-0.39, 0.29) is 6.42 Å². The Morgan fingerprint density at radius 2 is 1.88 bits per heavy atom. The molecule has 0 bridgehead atoms. The lowest BCUT2D eigenvalue weighted by atomic mass is 9.88. The number of nitrogens with zero attached hydrogens (tertiary/aromatic N) is 3. The zero-order chi connectivity index (χ0) is 16.9. The van der Waals surface area contributed by atoms with Crippen molar-refractivity contribution < 1.29 is 9.90 Å². The Morgan fingerprint density at radius 3 is 2.54 bits per heavy atom. The monoisotopic (exact) mass is 331 g/mol. The average Bonchev–Trinajstić information content (AvgIpc) is 2.60. The summed E-state index contributed by atoms with van der Waals surface area (Å²) in [6, 6.07) is 2.84. The van der Waals surface area contributed by atoms with Gasteiger partial charge in [0, 0.05) is 29.8 Å². The molecule has 0 radical (unpaired) electrons. The number of rotatable bonds is 5. The Bertz CT molecular complexity index is 562. The maximum Gasteiger partial charge on any atom is 0.303 e. The highest BCUT2D eigenvalue weighted by Crippen LogP contribution is 2.31. The lowest BCUT2D eigenvalue weighted by molar-refractivity contribution is -0.136. The number of carboxylic acid groups (broad SMARTS) is 1. The first-order valence-corrected chi connectivity index (χ1v) is 9.42. The molecule has 132 valence electrons. The van der Waals surface area contributed by atoms with Crippen LogP contribution in [-0.2, 0) is 11.2 Å². The summed E-state index contributed by atoms with van der Waals surface area (Å²) in [4.78, 5) is 22.5. The van der Waals surface area contributed by atoms with E-state index in [0.29, 0.717) is 12.3 Å². The van der Waals surface area contributed by atoms with Crippen molar-refractivity contribution in [3.05, 3.63) is 23.3 Å². The fraction of sp³-hybridized carbons (Fsp3) is 0.737. The molecule has 5 nitrogen and oxygen atoms in total. The third-order valence-corrected chi connectivity index (χ3v) is 5.54. The molecule has 1 aromatic rings. The molecule has 3 rings (SSSR count). The first kappa shape index (κ1) is 17.3. The maximum absolute atomic E-state index is 10.8. The fourth-order valence-corrected chi connectivity index (χ4v) is 4.23. The van der Waals surface area contributed by atoms with Gasteiger partial charge in [0.15, 0.2) is 0 Å². The first-order valence-electron chi connectivity index (χ1n) is 9.42. The normalized spacial score (nSPS) is 21.0. The molecule has 0 aromatic carbocycles. The summed E-state index contributed by atoms with van der Waals surface area (Å²) in [5.41, 5.74) is 1.99. The van der Waals surface area contributed by atoms with Crippen molar-refractivity contribution in [2.24, 2.45) is 0 Å². The lowest BCUT2D eigenvalue weighted by Gasteiger charge is -2.39. The van der Waals surface area contributed by atoms with Crippen LogP contribution in [0, 0.1) is 6.92 Å². The van der Waals surface area contributed by atoms with Crippen molar-refractivity contribution in [1.82, 2.24) is 14.9 Å². The van der Waals surface area contributed by atoms with Crippen molar-refractivity contribution >= 4 is 5.97 Å². The van der Waals surface area contributed by atoms with E-state index in [9.17, 15) is 4.79 Å². The SMILES string of the molecule is Cc1nc(CCC(=O)O)cc(C2CCN(C3CCCCC3)CC2)n1. The number of aliphatic carboxylic acids is 1. The molecule has 1 saturated carbocycles. The van der Waals surface area contributed by atoms with Crippen LogP contribution >= 0.6 is 0 Å². The van der Waals surface area contributed by atoms with Gasteiger partial charge in [-0.15, -0.1) is 0 Å². The minimum Gasteiger partial charge on any atom is -0.481 e. The van der Waals surface area contributed by atoms with E-state index >= 15 is 0 Å². The molecule has 0 atom stereocenters. The molecule has 2 aliphatic rings. The number of hydrogen-bond acceptors (Lipinski definition) is 4. The molecule has 2 heterocycles. The van der Waals surface area contributed by atoms with Gasteiger partial charge >= 0.3 is 5.97 Å². The molecule has 1 N–H and O–H groups in total. The van der Waals surface area contributed by atoms with Crippen LogP contribution in [0.1, 0.15) is 74.5 Å². The van der Waals surface area contributed by atoms with Crippen molar-refractivity contribution in [2.45, 2.75) is 76.7 Å². The second-order valence-electron chi connectivity index (χ2n) is 7.33. The minimum atomic E-state index is -0.770. The maximum atomic E-state index is 10.8. The van der Waals surface area contributed by atoms with E-state index in [0.717, 1.165) is 36.1 Å². The van der Waals surface area contributed by atoms with Crippen molar-refractivity contribution in [3.63, 3.8) is 0 Å². The number of likely N-dealkylation sites (tertiary alicyclic amines) is 1. The van der Waals surface area contributed by atoms with E-state index in [2.05, 4.69) is 14.9 Å². The molecular formula is C19H29N3O2. The van der Waals surface area contributed by atoms with Crippen molar-refractivity contribution in [1.29, 1.82) is 0 Å². The minimum absolute atomic E-state index is 0.135. The van der Waals surface area contributed by atoms with Crippen molar-refractivity contribution in [3.8, 4) is 0 Å². The van der Waals surface area contributed by atoms with E-state index in [1.807, 2.05) is 13.0 Å². The van der Waals surface area contributed by atoms with Gasteiger partial charge in [-0.25, -0.2) is 9.97 Å². The van der Waals surface area contributed by atoms with Gasteiger partial charge < -0.3 is 10.0 Å². The highest BCUT2D eigenvalue weighted by molar-refractivity contribution is 5.66. The van der Waals surface area contributed by atoms with Crippen LogP contribution in [0.5, 0.6) is 0 Å². The van der Waals surface area contributed by atoms with Crippen LogP contribution in [0.25, 0.3) is 0 Å². The van der Waals surface area contributed by atoms with E-state index in [4.69, 9.17) is 5.11 Å². The van der Waals surface area contributed by atoms with Gasteiger partial charge in [0.1, 0.15) is 5.82 Å². The number of piperidine rings is 1. The lowest BCUT2D eigenvalue weighted by Crippen LogP contribution is -2.42. The van der Waals surface area contributed by atoms with Gasteiger partial charge in [-0.05, 0) is 51.8 Å². The molecule has 24 heavy (non-hydrogen) atoms. The van der Waals surface area contributed by atoms with Crippen LogP contribution in [0.15, 0.2) is 6.07 Å². The van der Waals surface area contributed by atoms with Gasteiger partial charge in [0.25, 0.3) is 0 Å². The van der Waals surface area contributed by atoms with Crippen LogP contribution in [0.2, 0.25) is 0 Å². The summed E-state index contributed by atoms with van der Waals surface area (Å²) in [5.74, 6) is 0.492. The summed E-state index contributed by atoms with van der Waals surface area (Å²) in [5, 5.41) is 8.87. The molecule has 1 aliphatic heterocycles. The molecule has 1 aromatic heterocycles. The summed E-state index contributed by atoms with van der Waals surface area (Å²) in [6.07, 6.45) is 9.88. The molecular weight excluding hydrogens is 302 g/mol. The highest BCUT2D eigenvalue weighted by atomic mass is 16.4. The third kappa shape index (κ3) is 4.53. The number of hydrogen-bond donors (Lipinski definition) is 1. The number of carbonyl (C=O) groups is 1. The molecule has 0 unspecified atom stereocenters. The second kappa shape index (κ2) is 8.06. The standard InChI is InChI=1S/C19H29N3O2/c1-14-20-16(7-8-19(23)24)13-18(21-14)15-9-11-22(12-10-15)17-5-3-2-4-6-17/h13,15,17H,2-12H2,1H3,(H,23,24). The van der Waals surface area contributed by atoms with Gasteiger partial charge in [-0.1, -0.05) is 19.3 Å². The Balaban J connectivity index is 1.60. The fourth-order valence-electron chi connectivity index (χ4n) is 4.23. The highest BCUT2D eigenvalue weighted by Gasteiger charge is 2.27. The largest absolute Gasteiger partial charge is 0.481 e. The van der Waals surface area contributed by atoms with Crippen LogP contribution in [0.3, 0.4) is 0 Å². The van der Waals surface area contributed by atoms with Gasteiger partial charge in [-0.3, -0.25) is 4.79 Å². The molecule has 1 aliphatic carbocycles. The second-order valence-corrected chi connectivity index (χ2v) is 7.33. The number of carboxylic acids is 1. The van der Waals surface area contributed by atoms with E-state index in [1.165, 1.54) is 45.2 Å². The molecule has 1 saturated heterocycles. The van der Waals surface area contributed by atoms with Crippen molar-refractivity contribution in [2.75, 3.05) is 13.1 Å². The average molecular weight is 331 g/mol. The molecule has 2 fully saturated rings. The summed E-state index contributed by atoms with van der Waals surface area (Å²) in [6.45, 7) is 4.25. The van der Waals surface area contributed by atoms with Crippen LogP contribution in [-0.4, -0.2) is 45.1 Å². The van der Waals surface area contributed by atoms with Gasteiger partial charge in [-0.2, -0.15) is 0 Å². The quantitative estimate of drug-likeness (QED) is 0.896. The Hall–Kier alpha value is -1.49. The summed E-state index contributed by atoms with van der Waals surface area (Å²) < 4.78 is 0.